The van der Waals surface area contributed by atoms with Gasteiger partial charge in [0.1, 0.15) is 10.9 Å². The van der Waals surface area contributed by atoms with Crippen LogP contribution in [0.4, 0.5) is 8.78 Å². The number of pyridine rings is 1. The normalized spacial score (nSPS) is 21.2. The number of alkyl halides is 3. The molecule has 3 atom stereocenters. The summed E-state index contributed by atoms with van der Waals surface area (Å²) in [6, 6.07) is 1.38. The molecule has 9 heteroatoms. The van der Waals surface area contributed by atoms with Gasteiger partial charge in [0.15, 0.2) is 0 Å². The number of nitrogens with zero attached hydrogens (tertiary/aromatic N) is 2. The Hall–Kier alpha value is -1.29. The van der Waals surface area contributed by atoms with Gasteiger partial charge in [0.2, 0.25) is 0 Å². The zero-order valence-electron chi connectivity index (χ0n) is 14.8. The number of nitrogens with one attached hydrogen (secondary N) is 1. The molecule has 2 aliphatic rings. The van der Waals surface area contributed by atoms with Crippen molar-refractivity contribution in [3.63, 3.8) is 0 Å². The molecule has 0 aromatic carbocycles. The van der Waals surface area contributed by atoms with Gasteiger partial charge in [-0.2, -0.15) is 8.78 Å². The van der Waals surface area contributed by atoms with E-state index in [1.807, 2.05) is 13.8 Å². The van der Waals surface area contributed by atoms with E-state index in [2.05, 4.69) is 4.98 Å². The standard InChI is InChI=1S/C18H19ClF2IN3O2/c1-9-14(15(9)27-6-4-18(20,21)22)12(7-23)10(2)25-8-13-11(17(25)26)3-5-24-16(13)19/h3,5,7,10,12,14,23H,4,6,8H2,1-2H3/t10?,12?,14-/m0/s1. The van der Waals surface area contributed by atoms with Gasteiger partial charge in [-0.3, -0.25) is 4.79 Å². The molecule has 0 radical (unpaired) electrons. The third kappa shape index (κ3) is 4.11. The van der Waals surface area contributed by atoms with Crippen molar-refractivity contribution in [1.29, 1.82) is 5.41 Å². The maximum Gasteiger partial charge on any atom is 0.299 e. The van der Waals surface area contributed by atoms with Crippen LogP contribution in [0.5, 0.6) is 0 Å². The van der Waals surface area contributed by atoms with Crippen molar-refractivity contribution < 1.29 is 18.3 Å². The first-order chi connectivity index (χ1) is 12.7. The minimum absolute atomic E-state index is 0.0758. The van der Waals surface area contributed by atoms with Crippen molar-refractivity contribution in [2.24, 2.45) is 11.8 Å². The Labute approximate surface area is 174 Å². The predicted molar refractivity (Wildman–Crippen MR) is 107 cm³/mol. The minimum Gasteiger partial charge on any atom is -0.497 e. The molecule has 0 bridgehead atoms. The highest BCUT2D eigenvalue weighted by atomic mass is 127. The number of hydrogen-bond donors (Lipinski definition) is 1. The number of halogens is 4. The molecule has 1 aromatic rings. The van der Waals surface area contributed by atoms with Crippen LogP contribution in [0, 0.1) is 17.2 Å². The van der Waals surface area contributed by atoms with Crippen LogP contribution in [0.3, 0.4) is 0 Å². The van der Waals surface area contributed by atoms with E-state index in [0.717, 1.165) is 28.2 Å². The van der Waals surface area contributed by atoms with E-state index in [9.17, 15) is 13.6 Å². The van der Waals surface area contributed by atoms with Crippen LogP contribution >= 0.6 is 34.2 Å². The van der Waals surface area contributed by atoms with Crippen molar-refractivity contribution in [1.82, 2.24) is 9.88 Å². The molecule has 1 aromatic heterocycles. The van der Waals surface area contributed by atoms with Gasteiger partial charge in [0.25, 0.3) is 9.84 Å². The highest BCUT2D eigenvalue weighted by Gasteiger charge is 2.46. The molecule has 146 valence electrons. The Morgan fingerprint density at radius 1 is 1.59 bits per heavy atom. The van der Waals surface area contributed by atoms with E-state index in [1.165, 1.54) is 12.4 Å². The summed E-state index contributed by atoms with van der Waals surface area (Å²) in [5.41, 5.74) is 2.17. The summed E-state index contributed by atoms with van der Waals surface area (Å²) in [6.45, 7) is 4.01. The second kappa shape index (κ2) is 7.62. The predicted octanol–water partition coefficient (Wildman–Crippen LogP) is 4.68. The van der Waals surface area contributed by atoms with Gasteiger partial charge in [-0.05, 0) is 48.1 Å². The van der Waals surface area contributed by atoms with Crippen LogP contribution in [0.15, 0.2) is 23.6 Å². The fourth-order valence-electron chi connectivity index (χ4n) is 3.54. The lowest BCUT2D eigenvalue weighted by molar-refractivity contribution is 0.0650. The summed E-state index contributed by atoms with van der Waals surface area (Å²) in [5.74, 6) is 0.0920. The van der Waals surface area contributed by atoms with E-state index in [0.29, 0.717) is 28.6 Å². The molecular formula is C18H19ClF2IN3O2. The molecule has 0 saturated carbocycles. The smallest absolute Gasteiger partial charge is 0.299 e. The monoisotopic (exact) mass is 509 g/mol. The Bertz CT molecular complexity index is 812. The Morgan fingerprint density at radius 2 is 2.30 bits per heavy atom. The fourth-order valence-corrected chi connectivity index (χ4v) is 3.97. The quantitative estimate of drug-likeness (QED) is 0.239. The number of ether oxygens (including phenoxy) is 1. The number of rotatable bonds is 8. The van der Waals surface area contributed by atoms with Crippen LogP contribution < -0.4 is 0 Å². The number of allylic oxidation sites excluding steroid dienone is 2. The first-order valence-corrected chi connectivity index (χ1v) is 9.96. The van der Waals surface area contributed by atoms with E-state index in [4.69, 9.17) is 21.7 Å². The number of hydrogen-bond acceptors (Lipinski definition) is 4. The second-order valence-electron chi connectivity index (χ2n) is 6.78. The highest BCUT2D eigenvalue weighted by Crippen LogP contribution is 2.47. The summed E-state index contributed by atoms with van der Waals surface area (Å²) in [7, 11) is 0. The average Bonchev–Trinajstić information content (AvgIpc) is 3.07. The number of carbonyl (C=O) groups excluding carboxylic acids is 1. The molecule has 5 nitrogen and oxygen atoms in total. The number of amides is 1. The molecule has 1 amide bonds. The Morgan fingerprint density at radius 3 is 2.89 bits per heavy atom. The Kier molecular flexibility index (Phi) is 5.77. The average molecular weight is 510 g/mol. The Balaban J connectivity index is 1.66. The van der Waals surface area contributed by atoms with Crippen molar-refractivity contribution in [2.75, 3.05) is 6.61 Å². The summed E-state index contributed by atoms with van der Waals surface area (Å²) < 4.78 is 28.6. The van der Waals surface area contributed by atoms with E-state index in [1.54, 1.807) is 11.0 Å². The minimum atomic E-state index is -2.80. The largest absolute Gasteiger partial charge is 0.497 e. The molecular weight excluding hydrogens is 491 g/mol. The summed E-state index contributed by atoms with van der Waals surface area (Å²) >= 11 is 7.20. The lowest BCUT2D eigenvalue weighted by Crippen LogP contribution is -2.40. The molecule has 0 saturated heterocycles. The molecule has 3 rings (SSSR count). The number of fused-ring (bicyclic) bond motifs is 1. The molecule has 1 aliphatic heterocycles. The third-order valence-electron chi connectivity index (χ3n) is 5.15. The second-order valence-corrected chi connectivity index (χ2v) is 8.72. The van der Waals surface area contributed by atoms with Gasteiger partial charge in [0, 0.05) is 35.5 Å². The van der Waals surface area contributed by atoms with Crippen molar-refractivity contribution in [2.45, 2.75) is 36.8 Å². The van der Waals surface area contributed by atoms with Crippen LogP contribution in [0.1, 0.15) is 36.2 Å². The maximum absolute atomic E-state index is 12.9. The summed E-state index contributed by atoms with van der Waals surface area (Å²) in [6.07, 6.45) is 2.44. The summed E-state index contributed by atoms with van der Waals surface area (Å²) in [5, 5.41) is 8.16. The SMILES string of the molecule is CC1=C(OCCC(F)(F)I)[C@@H]1C(C=N)C(C)N1Cc2c(ccnc2Cl)C1=O. The lowest BCUT2D eigenvalue weighted by atomic mass is 9.92. The van der Waals surface area contributed by atoms with Crippen LogP contribution in [-0.2, 0) is 11.3 Å². The maximum atomic E-state index is 12.9. The molecule has 2 heterocycles. The van der Waals surface area contributed by atoms with Crippen LogP contribution in [0.25, 0.3) is 0 Å². The molecule has 0 spiro atoms. The molecule has 1 N–H and O–H groups in total. The zero-order valence-corrected chi connectivity index (χ0v) is 17.7. The van der Waals surface area contributed by atoms with E-state index >= 15 is 0 Å². The number of carbonyl (C=O) groups is 1. The fraction of sp³-hybridized carbons (Fsp3) is 0.500. The van der Waals surface area contributed by atoms with Gasteiger partial charge in [-0.25, -0.2) is 4.98 Å². The highest BCUT2D eigenvalue weighted by molar-refractivity contribution is 14.1. The van der Waals surface area contributed by atoms with E-state index < -0.39 is 3.93 Å². The van der Waals surface area contributed by atoms with Gasteiger partial charge in [0.05, 0.1) is 25.5 Å². The van der Waals surface area contributed by atoms with Gasteiger partial charge >= 0.3 is 0 Å². The van der Waals surface area contributed by atoms with Gasteiger partial charge in [-0.1, -0.05) is 11.6 Å². The topological polar surface area (TPSA) is 66.3 Å². The molecule has 1 aliphatic carbocycles. The van der Waals surface area contributed by atoms with Gasteiger partial charge < -0.3 is 15.0 Å². The van der Waals surface area contributed by atoms with Crippen LogP contribution in [-0.4, -0.2) is 38.6 Å². The van der Waals surface area contributed by atoms with Crippen molar-refractivity contribution in [3.8, 4) is 0 Å². The zero-order chi connectivity index (χ0) is 19.9. The van der Waals surface area contributed by atoms with Gasteiger partial charge in [-0.15, -0.1) is 0 Å². The van der Waals surface area contributed by atoms with Crippen molar-refractivity contribution >= 4 is 46.3 Å². The first kappa shape index (κ1) is 20.4. The lowest BCUT2D eigenvalue weighted by Gasteiger charge is -2.30. The number of aromatic nitrogens is 1. The molecule has 27 heavy (non-hydrogen) atoms. The third-order valence-corrected chi connectivity index (χ3v) is 6.01. The molecule has 0 fully saturated rings. The van der Waals surface area contributed by atoms with E-state index in [-0.39, 0.29) is 36.8 Å². The molecule has 2 unspecified atom stereocenters. The van der Waals surface area contributed by atoms with Crippen LogP contribution in [0.2, 0.25) is 5.15 Å². The first-order valence-electron chi connectivity index (χ1n) is 8.51. The van der Waals surface area contributed by atoms with Crippen molar-refractivity contribution in [3.05, 3.63) is 39.9 Å². The summed E-state index contributed by atoms with van der Waals surface area (Å²) in [4.78, 5) is 18.4.